The zero-order valence-electron chi connectivity index (χ0n) is 19.0. The summed E-state index contributed by atoms with van der Waals surface area (Å²) in [6.45, 7) is 14.7. The van der Waals surface area contributed by atoms with Crippen LogP contribution in [0.5, 0.6) is 0 Å². The van der Waals surface area contributed by atoms with Crippen LogP contribution < -0.4 is 0 Å². The fraction of sp³-hybridized carbons (Fsp3) is 0.542. The summed E-state index contributed by atoms with van der Waals surface area (Å²) in [4.78, 5) is 32.6. The van der Waals surface area contributed by atoms with Crippen molar-refractivity contribution in [1.82, 2.24) is 4.90 Å². The highest BCUT2D eigenvalue weighted by Gasteiger charge is 2.47. The van der Waals surface area contributed by atoms with Gasteiger partial charge in [-0.2, -0.15) is 0 Å². The first-order chi connectivity index (χ1) is 14.0. The molecule has 0 aliphatic carbocycles. The first-order valence-corrected chi connectivity index (χ1v) is 11.5. The molecule has 2 aliphatic rings. The molecule has 0 unspecified atom stereocenters. The molecule has 0 bridgehead atoms. The molecule has 5 nitrogen and oxygen atoms in total. The average molecular weight is 429 g/mol. The molecule has 3 rings (SSSR count). The summed E-state index contributed by atoms with van der Waals surface area (Å²) in [6.07, 6.45) is 0.723. The molecule has 1 fully saturated rings. The van der Waals surface area contributed by atoms with E-state index in [2.05, 4.69) is 37.9 Å². The maximum absolute atomic E-state index is 13.2. The van der Waals surface area contributed by atoms with Crippen molar-refractivity contribution >= 4 is 28.8 Å². The SMILES string of the molecule is CC[C@@H]1SC2=NC(C)=C(C(=O)OCC(C)C)[C@H](c3ccc(C(C)(C)C)cc3)N2C1=O. The van der Waals surface area contributed by atoms with Gasteiger partial charge < -0.3 is 4.74 Å². The van der Waals surface area contributed by atoms with Gasteiger partial charge in [0.25, 0.3) is 0 Å². The van der Waals surface area contributed by atoms with Gasteiger partial charge in [-0.3, -0.25) is 9.69 Å². The number of aliphatic imine (C=N–C) groups is 1. The van der Waals surface area contributed by atoms with Crippen LogP contribution >= 0.6 is 11.8 Å². The van der Waals surface area contributed by atoms with E-state index in [4.69, 9.17) is 4.74 Å². The van der Waals surface area contributed by atoms with Gasteiger partial charge in [0.15, 0.2) is 5.17 Å². The van der Waals surface area contributed by atoms with Crippen LogP contribution in [-0.4, -0.2) is 33.8 Å². The van der Waals surface area contributed by atoms with Crippen molar-refractivity contribution in [2.24, 2.45) is 10.9 Å². The van der Waals surface area contributed by atoms with E-state index in [1.807, 2.05) is 39.8 Å². The fourth-order valence-electron chi connectivity index (χ4n) is 3.65. The third-order valence-corrected chi connectivity index (χ3v) is 6.70. The summed E-state index contributed by atoms with van der Waals surface area (Å²) in [5, 5.41) is 0.508. The number of ether oxygens (including phenoxy) is 1. The molecular formula is C24H32N2O3S. The molecule has 0 aromatic heterocycles. The number of amidine groups is 1. The molecule has 1 aromatic rings. The number of amides is 1. The van der Waals surface area contributed by atoms with Gasteiger partial charge in [0, 0.05) is 0 Å². The molecule has 2 heterocycles. The molecule has 0 N–H and O–H groups in total. The highest BCUT2D eigenvalue weighted by Crippen LogP contribution is 2.44. The van der Waals surface area contributed by atoms with Crippen LogP contribution in [0.4, 0.5) is 0 Å². The number of thioether (sulfide) groups is 1. The summed E-state index contributed by atoms with van der Waals surface area (Å²) in [5.74, 6) is -0.157. The Balaban J connectivity index is 2.07. The first kappa shape index (κ1) is 22.6. The Hall–Kier alpha value is -2.08. The number of carbonyl (C=O) groups excluding carboxylic acids is 2. The maximum Gasteiger partial charge on any atom is 0.338 e. The molecule has 2 aliphatic heterocycles. The highest BCUT2D eigenvalue weighted by atomic mass is 32.2. The lowest BCUT2D eigenvalue weighted by Crippen LogP contribution is -2.41. The van der Waals surface area contributed by atoms with Gasteiger partial charge in [-0.15, -0.1) is 0 Å². The lowest BCUT2D eigenvalue weighted by atomic mass is 9.85. The van der Waals surface area contributed by atoms with Gasteiger partial charge in [-0.25, -0.2) is 9.79 Å². The molecule has 1 saturated heterocycles. The van der Waals surface area contributed by atoms with E-state index in [-0.39, 0.29) is 22.5 Å². The number of rotatable bonds is 5. The summed E-state index contributed by atoms with van der Waals surface area (Å²) in [6, 6.07) is 7.70. The number of hydrogen-bond acceptors (Lipinski definition) is 5. The zero-order valence-corrected chi connectivity index (χ0v) is 19.8. The summed E-state index contributed by atoms with van der Waals surface area (Å²) in [5.41, 5.74) is 3.20. The Labute approximate surface area is 184 Å². The van der Waals surface area contributed by atoms with E-state index < -0.39 is 12.0 Å². The Morgan fingerprint density at radius 3 is 2.40 bits per heavy atom. The summed E-state index contributed by atoms with van der Waals surface area (Å²) < 4.78 is 5.57. The van der Waals surface area contributed by atoms with Crippen LogP contribution in [0.3, 0.4) is 0 Å². The number of benzene rings is 1. The Bertz CT molecular complexity index is 894. The van der Waals surface area contributed by atoms with Gasteiger partial charge in [0.1, 0.15) is 0 Å². The van der Waals surface area contributed by atoms with E-state index in [0.29, 0.717) is 23.0 Å². The minimum Gasteiger partial charge on any atom is -0.462 e. The lowest BCUT2D eigenvalue weighted by Gasteiger charge is -2.33. The van der Waals surface area contributed by atoms with E-state index in [1.165, 1.54) is 17.3 Å². The van der Waals surface area contributed by atoms with Gasteiger partial charge in [-0.05, 0) is 35.8 Å². The topological polar surface area (TPSA) is 59.0 Å². The normalized spacial score (nSPS) is 21.8. The van der Waals surface area contributed by atoms with Crippen LogP contribution in [0.1, 0.15) is 72.1 Å². The van der Waals surface area contributed by atoms with Crippen LogP contribution in [-0.2, 0) is 19.7 Å². The largest absolute Gasteiger partial charge is 0.462 e. The van der Waals surface area contributed by atoms with Crippen molar-refractivity contribution in [3.8, 4) is 0 Å². The third-order valence-electron chi connectivity index (χ3n) is 5.38. The number of nitrogens with zero attached hydrogens (tertiary/aromatic N) is 2. The average Bonchev–Trinajstić information content (AvgIpc) is 2.99. The van der Waals surface area contributed by atoms with E-state index in [0.717, 1.165) is 12.0 Å². The molecule has 0 radical (unpaired) electrons. The second-order valence-electron chi connectivity index (χ2n) is 9.38. The predicted octanol–water partition coefficient (Wildman–Crippen LogP) is 5.22. The molecule has 0 saturated carbocycles. The van der Waals surface area contributed by atoms with Gasteiger partial charge in [-0.1, -0.05) is 77.6 Å². The van der Waals surface area contributed by atoms with Gasteiger partial charge in [0.05, 0.1) is 29.2 Å². The number of fused-ring (bicyclic) bond motifs is 1. The van der Waals surface area contributed by atoms with Crippen molar-refractivity contribution in [3.05, 3.63) is 46.7 Å². The lowest BCUT2D eigenvalue weighted by molar-refractivity contribution is -0.141. The molecule has 162 valence electrons. The van der Waals surface area contributed by atoms with Crippen molar-refractivity contribution in [2.75, 3.05) is 6.61 Å². The third kappa shape index (κ3) is 4.34. The van der Waals surface area contributed by atoms with Crippen LogP contribution in [0.2, 0.25) is 0 Å². The zero-order chi connectivity index (χ0) is 22.2. The first-order valence-electron chi connectivity index (χ1n) is 10.6. The predicted molar refractivity (Wildman–Crippen MR) is 122 cm³/mol. The standard InChI is InChI=1S/C24H32N2O3S/c1-8-18-21(27)26-20(16-9-11-17(12-10-16)24(5,6)7)19(15(4)25-23(26)30-18)22(28)29-13-14(2)3/h9-12,14,18,20H,8,13H2,1-7H3/t18-,20-/m0/s1. The number of carbonyl (C=O) groups is 2. The summed E-state index contributed by atoms with van der Waals surface area (Å²) >= 11 is 1.48. The summed E-state index contributed by atoms with van der Waals surface area (Å²) in [7, 11) is 0. The smallest absolute Gasteiger partial charge is 0.338 e. The molecule has 1 aromatic carbocycles. The number of esters is 1. The Kier molecular flexibility index (Phi) is 6.46. The van der Waals surface area contributed by atoms with Gasteiger partial charge in [0.2, 0.25) is 5.91 Å². The quantitative estimate of drug-likeness (QED) is 0.603. The van der Waals surface area contributed by atoms with Gasteiger partial charge >= 0.3 is 5.97 Å². The molecule has 1 amide bonds. The van der Waals surface area contributed by atoms with Crippen molar-refractivity contribution < 1.29 is 14.3 Å². The van der Waals surface area contributed by atoms with Crippen molar-refractivity contribution in [3.63, 3.8) is 0 Å². The minimum atomic E-state index is -0.511. The number of allylic oxidation sites excluding steroid dienone is 1. The van der Waals surface area contributed by atoms with Crippen LogP contribution in [0.15, 0.2) is 40.5 Å². The Morgan fingerprint density at radius 2 is 1.87 bits per heavy atom. The van der Waals surface area contributed by atoms with Crippen LogP contribution in [0.25, 0.3) is 0 Å². The van der Waals surface area contributed by atoms with E-state index in [9.17, 15) is 9.59 Å². The molecule has 0 spiro atoms. The maximum atomic E-state index is 13.2. The van der Waals surface area contributed by atoms with Crippen molar-refractivity contribution in [2.45, 2.75) is 71.6 Å². The molecule has 6 heteroatoms. The molecule has 2 atom stereocenters. The van der Waals surface area contributed by atoms with Crippen LogP contribution in [0, 0.1) is 5.92 Å². The second-order valence-corrected chi connectivity index (χ2v) is 10.6. The van der Waals surface area contributed by atoms with Crippen molar-refractivity contribution in [1.29, 1.82) is 0 Å². The Morgan fingerprint density at radius 1 is 1.23 bits per heavy atom. The molecular weight excluding hydrogens is 396 g/mol. The minimum absolute atomic E-state index is 0.00723. The second kappa shape index (κ2) is 8.58. The van der Waals surface area contributed by atoms with E-state index >= 15 is 0 Å². The fourth-order valence-corrected chi connectivity index (χ4v) is 4.79. The van der Waals surface area contributed by atoms with E-state index in [1.54, 1.807) is 4.90 Å². The number of hydrogen-bond donors (Lipinski definition) is 0. The highest BCUT2D eigenvalue weighted by molar-refractivity contribution is 8.15. The molecule has 30 heavy (non-hydrogen) atoms. The monoisotopic (exact) mass is 428 g/mol.